The Morgan fingerprint density at radius 1 is 0.344 bits per heavy atom. The van der Waals surface area contributed by atoms with Crippen molar-refractivity contribution in [2.24, 2.45) is 0 Å². The molecule has 3 nitrogen and oxygen atoms in total. The molecule has 61 heavy (non-hydrogen) atoms. The molecule has 0 saturated carbocycles. The van der Waals surface area contributed by atoms with Gasteiger partial charge in [-0.1, -0.05) is 133 Å². The molecule has 0 fully saturated rings. The number of para-hydroxylation sites is 2. The molecule has 0 unspecified atom stereocenters. The van der Waals surface area contributed by atoms with Crippen LogP contribution < -0.4 is 4.90 Å². The Morgan fingerprint density at radius 2 is 0.820 bits per heavy atom. The Hall–Kier alpha value is -7.10. The minimum absolute atomic E-state index is 0.0279. The highest BCUT2D eigenvalue weighted by atomic mass is 15.2. The number of hydrogen-bond acceptors (Lipinski definition) is 1. The van der Waals surface area contributed by atoms with Gasteiger partial charge in [-0.25, -0.2) is 0 Å². The second-order valence-electron chi connectivity index (χ2n) is 19.4. The summed E-state index contributed by atoms with van der Waals surface area (Å²) in [5.41, 5.74) is 13.7. The minimum Gasteiger partial charge on any atom is -0.308 e. The first-order valence-corrected chi connectivity index (χ1v) is 21.7. The van der Waals surface area contributed by atoms with Crippen molar-refractivity contribution in [1.29, 1.82) is 0 Å². The smallest absolute Gasteiger partial charge is 0.0789 e. The maximum atomic E-state index is 2.63. The maximum absolute atomic E-state index is 2.63. The lowest BCUT2D eigenvalue weighted by Gasteiger charge is -2.28. The van der Waals surface area contributed by atoms with E-state index in [9.17, 15) is 0 Å². The summed E-state index contributed by atoms with van der Waals surface area (Å²) in [4.78, 5) is 2.49. The summed E-state index contributed by atoms with van der Waals surface area (Å²) >= 11 is 0. The van der Waals surface area contributed by atoms with Crippen LogP contribution >= 0.6 is 0 Å². The van der Waals surface area contributed by atoms with E-state index in [0.717, 1.165) is 11.4 Å². The predicted octanol–water partition coefficient (Wildman–Crippen LogP) is 16.4. The first-order chi connectivity index (χ1) is 29.5. The van der Waals surface area contributed by atoms with Crippen LogP contribution in [0.3, 0.4) is 0 Å². The van der Waals surface area contributed by atoms with Gasteiger partial charge in [0.1, 0.15) is 0 Å². The third-order valence-corrected chi connectivity index (χ3v) is 13.8. The SMILES string of the molecule is CC(C)(C)c1cc2c3cc4c(cc3n3c5ccc6ccccc6c5c(c1)c23)c1cc(C(C)(C)C)cc2c3cc5ccccc5c(N(c5ccccc5)c5ccccc5)c3n4c12. The van der Waals surface area contributed by atoms with Crippen LogP contribution in [0, 0.1) is 0 Å². The summed E-state index contributed by atoms with van der Waals surface area (Å²) in [6, 6.07) is 61.8. The number of benzene rings is 9. The molecule has 0 N–H and O–H groups in total. The first kappa shape index (κ1) is 34.7. The van der Waals surface area contributed by atoms with Gasteiger partial charge in [-0.2, -0.15) is 0 Å². The van der Waals surface area contributed by atoms with Crippen molar-refractivity contribution in [3.05, 3.63) is 175 Å². The minimum atomic E-state index is -0.0537. The molecule has 0 bridgehead atoms. The van der Waals surface area contributed by atoms with Crippen molar-refractivity contribution in [2.75, 3.05) is 4.90 Å². The summed E-state index contributed by atoms with van der Waals surface area (Å²) in [7, 11) is 0. The highest BCUT2D eigenvalue weighted by molar-refractivity contribution is 6.33. The van der Waals surface area contributed by atoms with Gasteiger partial charge in [0.2, 0.25) is 0 Å². The fraction of sp³-hybridized carbons (Fsp3) is 0.138. The van der Waals surface area contributed by atoms with Gasteiger partial charge in [-0.05, 0) is 111 Å². The lowest BCUT2D eigenvalue weighted by molar-refractivity contribution is 0.591. The highest BCUT2D eigenvalue weighted by Gasteiger charge is 2.30. The predicted molar refractivity (Wildman–Crippen MR) is 263 cm³/mol. The topological polar surface area (TPSA) is 12.1 Å². The van der Waals surface area contributed by atoms with Gasteiger partial charge in [0.25, 0.3) is 0 Å². The van der Waals surface area contributed by atoms with Crippen LogP contribution in [0.15, 0.2) is 164 Å². The van der Waals surface area contributed by atoms with Crippen LogP contribution in [0.4, 0.5) is 17.1 Å². The molecule has 0 aliphatic carbocycles. The van der Waals surface area contributed by atoms with E-state index in [4.69, 9.17) is 0 Å². The zero-order valence-corrected chi connectivity index (χ0v) is 35.4. The van der Waals surface area contributed by atoms with Crippen molar-refractivity contribution < 1.29 is 0 Å². The standard InChI is InChI=1S/C58H45N3/c1-57(2,3)36-28-45-43-32-50-42(46-29-37(58(4,5)6)31-48-52-40-23-15-13-17-34(40)25-26-49(52)60(50)54(46)48)33-51(43)61-53(45)47(30-36)44-27-35-18-14-16-24-41(35)55(56(44)61)59(38-19-9-7-10-20-38)39-21-11-8-12-22-39/h7-33H,1-6H3. The van der Waals surface area contributed by atoms with E-state index in [1.54, 1.807) is 0 Å². The molecule has 9 aromatic carbocycles. The number of rotatable bonds is 3. The van der Waals surface area contributed by atoms with Crippen molar-refractivity contribution in [1.82, 2.24) is 8.80 Å². The number of aromatic nitrogens is 2. The second-order valence-corrected chi connectivity index (χ2v) is 19.4. The largest absolute Gasteiger partial charge is 0.308 e. The van der Waals surface area contributed by atoms with Crippen molar-refractivity contribution in [2.45, 2.75) is 52.4 Å². The Balaban J connectivity index is 1.28. The van der Waals surface area contributed by atoms with Crippen LogP contribution in [-0.4, -0.2) is 8.80 Å². The third kappa shape index (κ3) is 4.64. The molecule has 0 radical (unpaired) electrons. The van der Waals surface area contributed by atoms with Gasteiger partial charge in [-0.15, -0.1) is 0 Å². The first-order valence-electron chi connectivity index (χ1n) is 21.7. The monoisotopic (exact) mass is 783 g/mol. The van der Waals surface area contributed by atoms with E-state index < -0.39 is 0 Å². The number of hydrogen-bond donors (Lipinski definition) is 0. The van der Waals surface area contributed by atoms with Crippen LogP contribution in [0.5, 0.6) is 0 Å². The molecule has 0 atom stereocenters. The zero-order valence-electron chi connectivity index (χ0n) is 35.4. The number of nitrogens with zero attached hydrogens (tertiary/aromatic N) is 3. The average Bonchev–Trinajstić information content (AvgIpc) is 3.98. The fourth-order valence-electron chi connectivity index (χ4n) is 10.8. The van der Waals surface area contributed by atoms with E-state index in [1.165, 1.54) is 115 Å². The Kier molecular flexibility index (Phi) is 6.72. The molecular formula is C58H45N3. The van der Waals surface area contributed by atoms with Gasteiger partial charge in [0, 0.05) is 59.9 Å². The average molecular weight is 784 g/mol. The maximum Gasteiger partial charge on any atom is 0.0789 e. The Morgan fingerprint density at radius 3 is 1.43 bits per heavy atom. The van der Waals surface area contributed by atoms with Gasteiger partial charge < -0.3 is 13.7 Å². The molecule has 292 valence electrons. The van der Waals surface area contributed by atoms with Crippen LogP contribution in [0.2, 0.25) is 0 Å². The molecule has 4 heterocycles. The van der Waals surface area contributed by atoms with Gasteiger partial charge in [0.05, 0.1) is 38.8 Å². The zero-order chi connectivity index (χ0) is 41.1. The Bertz CT molecular complexity index is 3890. The molecule has 4 aromatic heterocycles. The molecule has 13 rings (SSSR count). The third-order valence-electron chi connectivity index (χ3n) is 13.8. The molecule has 13 aromatic rings. The molecule has 0 spiro atoms. The second kappa shape index (κ2) is 11.8. The molecule has 3 heteroatoms. The highest BCUT2D eigenvalue weighted by Crippen LogP contribution is 2.52. The quantitative estimate of drug-likeness (QED) is 0.174. The molecule has 0 saturated heterocycles. The number of anilines is 3. The normalized spacial score (nSPS) is 13.1. The van der Waals surface area contributed by atoms with E-state index in [1.807, 2.05) is 0 Å². The molecule has 0 aliphatic rings. The number of fused-ring (bicyclic) bond motifs is 15. The summed E-state index contributed by atoms with van der Waals surface area (Å²) in [6.45, 7) is 14.1. The van der Waals surface area contributed by atoms with Gasteiger partial charge >= 0.3 is 0 Å². The van der Waals surface area contributed by atoms with E-state index >= 15 is 0 Å². The van der Waals surface area contributed by atoms with Crippen molar-refractivity contribution in [3.63, 3.8) is 0 Å². The fourth-order valence-corrected chi connectivity index (χ4v) is 10.8. The van der Waals surface area contributed by atoms with Crippen LogP contribution in [-0.2, 0) is 10.8 Å². The summed E-state index contributed by atoms with van der Waals surface area (Å²) < 4.78 is 5.21. The van der Waals surface area contributed by atoms with Crippen LogP contribution in [0.25, 0.3) is 97.7 Å². The van der Waals surface area contributed by atoms with Crippen LogP contribution in [0.1, 0.15) is 52.7 Å². The summed E-state index contributed by atoms with van der Waals surface area (Å²) in [5, 5.41) is 15.5. The lowest BCUT2D eigenvalue weighted by Crippen LogP contribution is -2.11. The van der Waals surface area contributed by atoms with E-state index in [2.05, 4.69) is 219 Å². The van der Waals surface area contributed by atoms with Gasteiger partial charge in [0.15, 0.2) is 0 Å². The Labute approximate surface area is 354 Å². The summed E-state index contributed by atoms with van der Waals surface area (Å²) in [5.74, 6) is 0. The summed E-state index contributed by atoms with van der Waals surface area (Å²) in [6.07, 6.45) is 0. The van der Waals surface area contributed by atoms with E-state index in [-0.39, 0.29) is 10.8 Å². The van der Waals surface area contributed by atoms with E-state index in [0.29, 0.717) is 0 Å². The molecule has 0 amide bonds. The van der Waals surface area contributed by atoms with Gasteiger partial charge in [-0.3, -0.25) is 0 Å². The lowest BCUT2D eigenvalue weighted by atomic mass is 9.85. The molecular weight excluding hydrogens is 739 g/mol. The van der Waals surface area contributed by atoms with Crippen molar-refractivity contribution >= 4 is 115 Å². The molecule has 0 aliphatic heterocycles. The van der Waals surface area contributed by atoms with Crippen molar-refractivity contribution in [3.8, 4) is 0 Å².